The van der Waals surface area contributed by atoms with Gasteiger partial charge in [0, 0.05) is 11.9 Å². The van der Waals surface area contributed by atoms with Crippen molar-refractivity contribution in [2.24, 2.45) is 11.3 Å². The summed E-state index contributed by atoms with van der Waals surface area (Å²) in [6.45, 7) is 10.5. The van der Waals surface area contributed by atoms with Crippen LogP contribution < -0.4 is 0 Å². The number of pyridine rings is 1. The van der Waals surface area contributed by atoms with Crippen molar-refractivity contribution in [1.82, 2.24) is 9.88 Å². The van der Waals surface area contributed by atoms with E-state index in [9.17, 15) is 0 Å². The van der Waals surface area contributed by atoms with Crippen molar-refractivity contribution in [2.45, 2.75) is 40.2 Å². The molecule has 0 amide bonds. The van der Waals surface area contributed by atoms with Gasteiger partial charge >= 0.3 is 0 Å². The van der Waals surface area contributed by atoms with Crippen molar-refractivity contribution in [3.63, 3.8) is 0 Å². The van der Waals surface area contributed by atoms with Crippen LogP contribution in [0.4, 0.5) is 0 Å². The molecule has 1 fully saturated rings. The second-order valence-electron chi connectivity index (χ2n) is 7.41. The quantitative estimate of drug-likeness (QED) is 0.806. The van der Waals surface area contributed by atoms with Gasteiger partial charge in [-0.2, -0.15) is 0 Å². The fourth-order valence-electron chi connectivity index (χ4n) is 3.38. The van der Waals surface area contributed by atoms with Crippen molar-refractivity contribution in [3.8, 4) is 0 Å². The molecule has 2 aromatic rings. The van der Waals surface area contributed by atoms with Gasteiger partial charge < -0.3 is 0 Å². The number of piperidine rings is 1. The standard InChI is InChI=1S/C19H26N2/c1-19(2,3)16-10-12-21(13-11-16)14-17-9-8-15-6-4-5-7-18(15)20-17/h4-9,16H,10-14H2,1-3H3. The van der Waals surface area contributed by atoms with Crippen molar-refractivity contribution < 1.29 is 0 Å². The molecular weight excluding hydrogens is 256 g/mol. The monoisotopic (exact) mass is 282 g/mol. The normalized spacial score (nSPS) is 18.2. The van der Waals surface area contributed by atoms with E-state index < -0.39 is 0 Å². The Morgan fingerprint density at radius 3 is 2.48 bits per heavy atom. The Bertz CT molecular complexity index is 604. The highest BCUT2D eigenvalue weighted by molar-refractivity contribution is 5.78. The lowest BCUT2D eigenvalue weighted by Gasteiger charge is -2.38. The van der Waals surface area contributed by atoms with E-state index in [1.807, 2.05) is 0 Å². The molecule has 0 unspecified atom stereocenters. The van der Waals surface area contributed by atoms with Crippen LogP contribution in [0.1, 0.15) is 39.3 Å². The van der Waals surface area contributed by atoms with Gasteiger partial charge in [-0.1, -0.05) is 45.0 Å². The molecule has 1 aliphatic rings. The summed E-state index contributed by atoms with van der Waals surface area (Å²) in [4.78, 5) is 7.35. The molecule has 0 N–H and O–H groups in total. The minimum Gasteiger partial charge on any atom is -0.297 e. The van der Waals surface area contributed by atoms with Crippen LogP contribution in [0.3, 0.4) is 0 Å². The smallest absolute Gasteiger partial charge is 0.0705 e. The van der Waals surface area contributed by atoms with Gasteiger partial charge in [-0.25, -0.2) is 0 Å². The number of fused-ring (bicyclic) bond motifs is 1. The summed E-state index contributed by atoms with van der Waals surface area (Å²) < 4.78 is 0. The highest BCUT2D eigenvalue weighted by Gasteiger charge is 2.28. The zero-order valence-electron chi connectivity index (χ0n) is 13.5. The summed E-state index contributed by atoms with van der Waals surface area (Å²) in [5.74, 6) is 0.860. The Morgan fingerprint density at radius 1 is 1.05 bits per heavy atom. The Labute approximate surface area is 128 Å². The first-order valence-corrected chi connectivity index (χ1v) is 8.09. The zero-order chi connectivity index (χ0) is 14.9. The third-order valence-electron chi connectivity index (χ3n) is 4.85. The van der Waals surface area contributed by atoms with Crippen molar-refractivity contribution in [3.05, 3.63) is 42.1 Å². The van der Waals surface area contributed by atoms with E-state index in [1.54, 1.807) is 0 Å². The molecule has 1 aromatic heterocycles. The van der Waals surface area contributed by atoms with E-state index in [0.717, 1.165) is 18.0 Å². The molecule has 0 bridgehead atoms. The van der Waals surface area contributed by atoms with E-state index in [1.165, 1.54) is 37.0 Å². The summed E-state index contributed by atoms with van der Waals surface area (Å²) in [5.41, 5.74) is 2.76. The molecule has 0 atom stereocenters. The van der Waals surface area contributed by atoms with Gasteiger partial charge in [-0.15, -0.1) is 0 Å². The summed E-state index contributed by atoms with van der Waals surface area (Å²) in [6.07, 6.45) is 2.63. The number of aromatic nitrogens is 1. The predicted octanol–water partition coefficient (Wildman–Crippen LogP) is 4.49. The van der Waals surface area contributed by atoms with Crippen molar-refractivity contribution in [2.75, 3.05) is 13.1 Å². The highest BCUT2D eigenvalue weighted by Crippen LogP contribution is 2.34. The molecule has 0 spiro atoms. The molecular formula is C19H26N2. The number of rotatable bonds is 2. The average Bonchev–Trinajstić information content (AvgIpc) is 2.47. The number of hydrogen-bond donors (Lipinski definition) is 0. The van der Waals surface area contributed by atoms with Gasteiger partial charge in [0.15, 0.2) is 0 Å². The van der Waals surface area contributed by atoms with Crippen LogP contribution in [0.15, 0.2) is 36.4 Å². The molecule has 0 aliphatic carbocycles. The molecule has 1 saturated heterocycles. The van der Waals surface area contributed by atoms with E-state index in [0.29, 0.717) is 5.41 Å². The maximum Gasteiger partial charge on any atom is 0.0705 e. The third kappa shape index (κ3) is 3.44. The Kier molecular flexibility index (Phi) is 3.99. The Hall–Kier alpha value is -1.41. The van der Waals surface area contributed by atoms with Crippen LogP contribution in [-0.2, 0) is 6.54 Å². The molecule has 112 valence electrons. The van der Waals surface area contributed by atoms with Gasteiger partial charge in [0.1, 0.15) is 0 Å². The van der Waals surface area contributed by atoms with Crippen LogP contribution >= 0.6 is 0 Å². The topological polar surface area (TPSA) is 16.1 Å². The average molecular weight is 282 g/mol. The maximum atomic E-state index is 4.80. The molecule has 2 nitrogen and oxygen atoms in total. The minimum absolute atomic E-state index is 0.452. The largest absolute Gasteiger partial charge is 0.297 e. The van der Waals surface area contributed by atoms with Crippen LogP contribution in [0.5, 0.6) is 0 Å². The SMILES string of the molecule is CC(C)(C)C1CCN(Cc2ccc3ccccc3n2)CC1. The summed E-state index contributed by atoms with van der Waals surface area (Å²) in [7, 11) is 0. The molecule has 1 aliphatic heterocycles. The second kappa shape index (κ2) is 5.76. The lowest BCUT2D eigenvalue weighted by Crippen LogP contribution is -2.37. The first-order valence-electron chi connectivity index (χ1n) is 8.09. The summed E-state index contributed by atoms with van der Waals surface area (Å²) in [6, 6.07) is 12.7. The molecule has 21 heavy (non-hydrogen) atoms. The summed E-state index contributed by atoms with van der Waals surface area (Å²) in [5, 5.41) is 1.23. The molecule has 0 radical (unpaired) electrons. The lowest BCUT2D eigenvalue weighted by molar-refractivity contribution is 0.107. The predicted molar refractivity (Wildman–Crippen MR) is 89.2 cm³/mol. The Balaban J connectivity index is 1.64. The second-order valence-corrected chi connectivity index (χ2v) is 7.41. The number of benzene rings is 1. The van der Waals surface area contributed by atoms with E-state index in [-0.39, 0.29) is 0 Å². The minimum atomic E-state index is 0.452. The number of para-hydroxylation sites is 1. The molecule has 2 heteroatoms. The summed E-state index contributed by atoms with van der Waals surface area (Å²) >= 11 is 0. The van der Waals surface area contributed by atoms with Crippen molar-refractivity contribution >= 4 is 10.9 Å². The van der Waals surface area contributed by atoms with Gasteiger partial charge in [0.05, 0.1) is 11.2 Å². The molecule has 2 heterocycles. The number of likely N-dealkylation sites (tertiary alicyclic amines) is 1. The first-order chi connectivity index (χ1) is 10.0. The van der Waals surface area contributed by atoms with Crippen LogP contribution in [0.2, 0.25) is 0 Å². The lowest BCUT2D eigenvalue weighted by atomic mass is 9.75. The van der Waals surface area contributed by atoms with Gasteiger partial charge in [-0.3, -0.25) is 9.88 Å². The molecule has 1 aromatic carbocycles. The first kappa shape index (κ1) is 14.5. The highest BCUT2D eigenvalue weighted by atomic mass is 15.1. The third-order valence-corrected chi connectivity index (χ3v) is 4.85. The fourth-order valence-corrected chi connectivity index (χ4v) is 3.38. The number of hydrogen-bond acceptors (Lipinski definition) is 2. The van der Waals surface area contributed by atoms with Gasteiger partial charge in [0.25, 0.3) is 0 Å². The molecule has 3 rings (SSSR count). The van der Waals surface area contributed by atoms with E-state index >= 15 is 0 Å². The van der Waals surface area contributed by atoms with Crippen LogP contribution in [0, 0.1) is 11.3 Å². The van der Waals surface area contributed by atoms with Crippen molar-refractivity contribution in [1.29, 1.82) is 0 Å². The maximum absolute atomic E-state index is 4.80. The number of nitrogens with zero attached hydrogens (tertiary/aromatic N) is 2. The van der Waals surface area contributed by atoms with Crippen LogP contribution in [0.25, 0.3) is 10.9 Å². The molecule has 0 saturated carbocycles. The van der Waals surface area contributed by atoms with Gasteiger partial charge in [-0.05, 0) is 49.4 Å². The van der Waals surface area contributed by atoms with E-state index in [4.69, 9.17) is 4.98 Å². The zero-order valence-corrected chi connectivity index (χ0v) is 13.5. The fraction of sp³-hybridized carbons (Fsp3) is 0.526. The van der Waals surface area contributed by atoms with E-state index in [2.05, 4.69) is 62.1 Å². The Morgan fingerprint density at radius 2 is 1.76 bits per heavy atom. The van der Waals surface area contributed by atoms with Crippen LogP contribution in [-0.4, -0.2) is 23.0 Å². The van der Waals surface area contributed by atoms with Gasteiger partial charge in [0.2, 0.25) is 0 Å².